The number of nitrogens with one attached hydrogen (secondary N) is 3. The fraction of sp³-hybridized carbons (Fsp3) is 0.273. The molecule has 0 unspecified atom stereocenters. The topological polar surface area (TPSA) is 39.3 Å². The van der Waals surface area contributed by atoms with E-state index in [2.05, 4.69) is 45.1 Å². The highest BCUT2D eigenvalue weighted by Gasteiger charge is 2.07. The van der Waals surface area contributed by atoms with Crippen LogP contribution in [0.25, 0.3) is 0 Å². The van der Waals surface area contributed by atoms with E-state index in [-0.39, 0.29) is 17.5 Å². The Morgan fingerprint density at radius 3 is 1.07 bits per heavy atom. The van der Waals surface area contributed by atoms with Crippen LogP contribution in [0.2, 0.25) is 0 Å². The lowest BCUT2D eigenvalue weighted by atomic mass is 10.1. The van der Waals surface area contributed by atoms with Crippen LogP contribution in [-0.4, -0.2) is 31.1 Å². The Morgan fingerprint density at radius 2 is 0.700 bits per heavy atom. The molecule has 0 amide bonds. The molecule has 0 aliphatic heterocycles. The van der Waals surface area contributed by atoms with Crippen molar-refractivity contribution < 1.29 is 13.2 Å². The van der Waals surface area contributed by atoms with Gasteiger partial charge in [0, 0.05) is 58.9 Å². The summed E-state index contributed by atoms with van der Waals surface area (Å²) in [5.74, 6) is -0.670. The molecule has 0 heterocycles. The molecule has 0 saturated carbocycles. The minimum absolute atomic E-state index is 0.222. The van der Waals surface area contributed by atoms with E-state index in [4.69, 9.17) is 0 Å². The predicted molar refractivity (Wildman–Crippen MR) is 155 cm³/mol. The normalized spacial score (nSPS) is 11.3. The standard InChI is InChI=1S/C33H37F3N4/c34-31-11-5-27(6-12-31)21-37-17-19-40(20-18-38-22-28-7-13-32(35)14-8-28)25-30-3-1-26(2-4-30)23-39-24-29-9-15-33(36)16-10-29/h1-16,37-39H,17-25H2. The molecule has 0 atom stereocenters. The molecule has 7 heteroatoms. The zero-order valence-electron chi connectivity index (χ0n) is 22.7. The van der Waals surface area contributed by atoms with Gasteiger partial charge in [0.1, 0.15) is 17.5 Å². The first-order valence-corrected chi connectivity index (χ1v) is 13.7. The number of rotatable bonds is 16. The molecule has 0 aromatic heterocycles. The molecule has 210 valence electrons. The van der Waals surface area contributed by atoms with Crippen molar-refractivity contribution in [3.05, 3.63) is 142 Å². The summed E-state index contributed by atoms with van der Waals surface area (Å²) in [5.41, 5.74) is 5.59. The lowest BCUT2D eigenvalue weighted by molar-refractivity contribution is 0.264. The van der Waals surface area contributed by atoms with E-state index in [1.165, 1.54) is 47.5 Å². The first-order valence-electron chi connectivity index (χ1n) is 13.7. The summed E-state index contributed by atoms with van der Waals surface area (Å²) < 4.78 is 39.4. The van der Waals surface area contributed by atoms with Crippen molar-refractivity contribution >= 4 is 0 Å². The molecule has 0 spiro atoms. The van der Waals surface area contributed by atoms with Crippen molar-refractivity contribution in [3.8, 4) is 0 Å². The molecule has 4 aromatic carbocycles. The SMILES string of the molecule is Fc1ccc(CNCCN(CCNCc2ccc(F)cc2)Cc2ccc(CNCc3ccc(F)cc3)cc2)cc1. The van der Waals surface area contributed by atoms with Crippen molar-refractivity contribution in [2.24, 2.45) is 0 Å². The van der Waals surface area contributed by atoms with Crippen molar-refractivity contribution in [1.82, 2.24) is 20.9 Å². The predicted octanol–water partition coefficient (Wildman–Crippen LogP) is 5.78. The van der Waals surface area contributed by atoms with Crippen LogP contribution in [0.1, 0.15) is 27.8 Å². The largest absolute Gasteiger partial charge is 0.311 e. The van der Waals surface area contributed by atoms with E-state index < -0.39 is 0 Å². The van der Waals surface area contributed by atoms with Gasteiger partial charge < -0.3 is 16.0 Å². The van der Waals surface area contributed by atoms with Crippen LogP contribution in [0.15, 0.2) is 97.1 Å². The molecule has 0 aliphatic carbocycles. The average molecular weight is 547 g/mol. The second kappa shape index (κ2) is 15.9. The first kappa shape index (κ1) is 29.5. The van der Waals surface area contributed by atoms with Crippen LogP contribution < -0.4 is 16.0 Å². The first-order chi connectivity index (χ1) is 19.5. The summed E-state index contributed by atoms with van der Waals surface area (Å²) in [5, 5.41) is 10.3. The van der Waals surface area contributed by atoms with Gasteiger partial charge in [0.05, 0.1) is 0 Å². The lowest BCUT2D eigenvalue weighted by Gasteiger charge is -2.23. The van der Waals surface area contributed by atoms with Gasteiger partial charge in [0.2, 0.25) is 0 Å². The van der Waals surface area contributed by atoms with E-state index >= 15 is 0 Å². The van der Waals surface area contributed by atoms with Crippen molar-refractivity contribution in [3.63, 3.8) is 0 Å². The van der Waals surface area contributed by atoms with Gasteiger partial charge in [-0.15, -0.1) is 0 Å². The Balaban J connectivity index is 1.24. The molecule has 0 fully saturated rings. The highest BCUT2D eigenvalue weighted by atomic mass is 19.1. The molecule has 4 nitrogen and oxygen atoms in total. The summed E-state index contributed by atoms with van der Waals surface area (Å²) in [6.07, 6.45) is 0. The van der Waals surface area contributed by atoms with Gasteiger partial charge >= 0.3 is 0 Å². The molecule has 0 radical (unpaired) electrons. The van der Waals surface area contributed by atoms with Crippen molar-refractivity contribution in [2.75, 3.05) is 26.2 Å². The van der Waals surface area contributed by atoms with Crippen molar-refractivity contribution in [1.29, 1.82) is 0 Å². The van der Waals surface area contributed by atoms with Crippen LogP contribution >= 0.6 is 0 Å². The van der Waals surface area contributed by atoms with Gasteiger partial charge in [-0.1, -0.05) is 60.7 Å². The van der Waals surface area contributed by atoms with E-state index in [0.717, 1.165) is 56.0 Å². The van der Waals surface area contributed by atoms with Gasteiger partial charge in [-0.2, -0.15) is 0 Å². The quantitative estimate of drug-likeness (QED) is 0.156. The van der Waals surface area contributed by atoms with Crippen molar-refractivity contribution in [2.45, 2.75) is 32.7 Å². The van der Waals surface area contributed by atoms with E-state index in [1.54, 1.807) is 36.4 Å². The summed E-state index contributed by atoms with van der Waals surface area (Å²) in [4.78, 5) is 2.40. The molecule has 0 bridgehead atoms. The zero-order valence-corrected chi connectivity index (χ0v) is 22.7. The van der Waals surface area contributed by atoms with Gasteiger partial charge in [0.25, 0.3) is 0 Å². The molecule has 4 aromatic rings. The van der Waals surface area contributed by atoms with Crippen LogP contribution in [0.4, 0.5) is 13.2 Å². The number of halogens is 3. The monoisotopic (exact) mass is 546 g/mol. The van der Waals surface area contributed by atoms with Crippen LogP contribution in [0.5, 0.6) is 0 Å². The fourth-order valence-corrected chi connectivity index (χ4v) is 4.39. The number of hydrogen-bond acceptors (Lipinski definition) is 4. The van der Waals surface area contributed by atoms with Crippen LogP contribution in [0.3, 0.4) is 0 Å². The number of benzene rings is 4. The van der Waals surface area contributed by atoms with Gasteiger partial charge in [0.15, 0.2) is 0 Å². The molecule has 0 saturated heterocycles. The van der Waals surface area contributed by atoms with Crippen LogP contribution in [-0.2, 0) is 32.7 Å². The third-order valence-corrected chi connectivity index (χ3v) is 6.70. The Hall–Kier alpha value is -3.49. The average Bonchev–Trinajstić information content (AvgIpc) is 2.97. The zero-order chi connectivity index (χ0) is 28.0. The molecule has 40 heavy (non-hydrogen) atoms. The van der Waals surface area contributed by atoms with Gasteiger partial charge in [-0.25, -0.2) is 13.2 Å². The van der Waals surface area contributed by atoms with E-state index in [9.17, 15) is 13.2 Å². The number of hydrogen-bond donors (Lipinski definition) is 3. The maximum Gasteiger partial charge on any atom is 0.123 e. The summed E-state index contributed by atoms with van der Waals surface area (Å²) in [6, 6.07) is 28.3. The summed E-state index contributed by atoms with van der Waals surface area (Å²) >= 11 is 0. The summed E-state index contributed by atoms with van der Waals surface area (Å²) in [6.45, 7) is 6.96. The third-order valence-electron chi connectivity index (χ3n) is 6.70. The van der Waals surface area contributed by atoms with Gasteiger partial charge in [-0.05, 0) is 64.2 Å². The molecular formula is C33H37F3N4. The number of nitrogens with zero attached hydrogens (tertiary/aromatic N) is 1. The highest BCUT2D eigenvalue weighted by Crippen LogP contribution is 2.09. The van der Waals surface area contributed by atoms with Crippen LogP contribution in [0, 0.1) is 17.5 Å². The Kier molecular flexibility index (Phi) is 11.8. The minimum Gasteiger partial charge on any atom is -0.311 e. The molecule has 3 N–H and O–H groups in total. The maximum atomic E-state index is 13.2. The highest BCUT2D eigenvalue weighted by molar-refractivity contribution is 5.23. The fourth-order valence-electron chi connectivity index (χ4n) is 4.39. The smallest absolute Gasteiger partial charge is 0.123 e. The Bertz CT molecular complexity index is 1210. The van der Waals surface area contributed by atoms with Gasteiger partial charge in [-0.3, -0.25) is 4.90 Å². The molecular weight excluding hydrogens is 509 g/mol. The Morgan fingerprint density at radius 1 is 0.400 bits per heavy atom. The molecule has 0 aliphatic rings. The second-order valence-electron chi connectivity index (χ2n) is 9.93. The minimum atomic E-state index is -0.224. The van der Waals surface area contributed by atoms with E-state index in [1.807, 2.05) is 0 Å². The Labute approximate surface area is 235 Å². The lowest BCUT2D eigenvalue weighted by Crippen LogP contribution is -2.36. The second-order valence-corrected chi connectivity index (χ2v) is 9.93. The summed E-state index contributed by atoms with van der Waals surface area (Å²) in [7, 11) is 0. The molecule has 4 rings (SSSR count). The maximum absolute atomic E-state index is 13.2. The third kappa shape index (κ3) is 10.6. The van der Waals surface area contributed by atoms with E-state index in [0.29, 0.717) is 19.6 Å².